The molecule has 8 aromatic carbocycles. The lowest BCUT2D eigenvalue weighted by Crippen LogP contribution is -2.31. The van der Waals surface area contributed by atoms with Gasteiger partial charge >= 0.3 is 0 Å². The molecular weight excluding hydrogens is 653 g/mol. The van der Waals surface area contributed by atoms with E-state index in [1.165, 1.54) is 55.9 Å². The van der Waals surface area contributed by atoms with Gasteiger partial charge in [-0.2, -0.15) is 0 Å². The SMILES string of the molecule is CC1(C)c2ccccc2N(c2ccccc2)c2ccc(N(c3ccccc3)c3cccc(C4(c5ccccc5)c5ccccc5-c5ccccc54)c3)cc21. The van der Waals surface area contributed by atoms with Crippen molar-refractivity contribution in [2.75, 3.05) is 9.80 Å². The van der Waals surface area contributed by atoms with Crippen LogP contribution in [0.15, 0.2) is 206 Å². The van der Waals surface area contributed by atoms with Crippen molar-refractivity contribution in [2.45, 2.75) is 24.7 Å². The van der Waals surface area contributed by atoms with Gasteiger partial charge in [-0.25, -0.2) is 0 Å². The van der Waals surface area contributed by atoms with Crippen LogP contribution in [0, 0.1) is 0 Å². The van der Waals surface area contributed by atoms with E-state index >= 15 is 0 Å². The van der Waals surface area contributed by atoms with Crippen molar-refractivity contribution in [1.29, 1.82) is 0 Å². The summed E-state index contributed by atoms with van der Waals surface area (Å²) in [6.07, 6.45) is 0. The van der Waals surface area contributed by atoms with Gasteiger partial charge in [0.1, 0.15) is 0 Å². The Labute approximate surface area is 318 Å². The Bertz CT molecular complexity index is 2600. The second-order valence-electron chi connectivity index (χ2n) is 14.9. The van der Waals surface area contributed by atoms with E-state index in [-0.39, 0.29) is 5.41 Å². The Morgan fingerprint density at radius 2 is 0.870 bits per heavy atom. The predicted molar refractivity (Wildman–Crippen MR) is 225 cm³/mol. The van der Waals surface area contributed by atoms with Crippen LogP contribution in [0.4, 0.5) is 34.1 Å². The van der Waals surface area contributed by atoms with Gasteiger partial charge in [0.2, 0.25) is 0 Å². The number of rotatable bonds is 6. The van der Waals surface area contributed by atoms with Crippen LogP contribution in [0.3, 0.4) is 0 Å². The predicted octanol–water partition coefficient (Wildman–Crippen LogP) is 13.6. The van der Waals surface area contributed by atoms with Crippen molar-refractivity contribution < 1.29 is 0 Å². The molecule has 0 spiro atoms. The van der Waals surface area contributed by atoms with Gasteiger partial charge in [-0.15, -0.1) is 0 Å². The fourth-order valence-electron chi connectivity index (χ4n) is 9.30. The second kappa shape index (κ2) is 12.5. The molecule has 8 aromatic rings. The van der Waals surface area contributed by atoms with E-state index in [0.29, 0.717) is 0 Å². The normalized spacial score (nSPS) is 14.4. The summed E-state index contributed by atoms with van der Waals surface area (Å²) in [5, 5.41) is 0. The van der Waals surface area contributed by atoms with Gasteiger partial charge in [0.25, 0.3) is 0 Å². The van der Waals surface area contributed by atoms with E-state index < -0.39 is 5.41 Å². The third-order valence-corrected chi connectivity index (χ3v) is 11.7. The molecule has 0 bridgehead atoms. The smallest absolute Gasteiger partial charge is 0.0714 e. The van der Waals surface area contributed by atoms with Crippen LogP contribution in [-0.4, -0.2) is 0 Å². The monoisotopic (exact) mass is 692 g/mol. The quantitative estimate of drug-likeness (QED) is 0.171. The molecule has 0 amide bonds. The molecule has 0 fully saturated rings. The highest BCUT2D eigenvalue weighted by atomic mass is 15.2. The van der Waals surface area contributed by atoms with Gasteiger partial charge in [-0.05, 0) is 105 Å². The van der Waals surface area contributed by atoms with Gasteiger partial charge in [0.15, 0.2) is 0 Å². The van der Waals surface area contributed by atoms with Gasteiger partial charge in [0.05, 0.1) is 16.8 Å². The summed E-state index contributed by atoms with van der Waals surface area (Å²) in [7, 11) is 0. The molecule has 0 saturated heterocycles. The minimum absolute atomic E-state index is 0.230. The van der Waals surface area contributed by atoms with Crippen LogP contribution in [0.25, 0.3) is 11.1 Å². The molecule has 10 rings (SSSR count). The maximum Gasteiger partial charge on any atom is 0.0714 e. The molecule has 1 aliphatic carbocycles. The number of hydrogen-bond donors (Lipinski definition) is 0. The Morgan fingerprint density at radius 1 is 0.370 bits per heavy atom. The van der Waals surface area contributed by atoms with Gasteiger partial charge in [-0.3, -0.25) is 0 Å². The first kappa shape index (κ1) is 32.0. The lowest BCUT2D eigenvalue weighted by atomic mass is 9.67. The van der Waals surface area contributed by atoms with Crippen molar-refractivity contribution in [3.05, 3.63) is 240 Å². The summed E-state index contributed by atoms with van der Waals surface area (Å²) in [6, 6.07) is 75.7. The van der Waals surface area contributed by atoms with Crippen molar-refractivity contribution >= 4 is 34.1 Å². The highest BCUT2D eigenvalue weighted by Crippen LogP contribution is 2.57. The fraction of sp³-hybridized carbons (Fsp3) is 0.0769. The zero-order valence-electron chi connectivity index (χ0n) is 30.5. The summed E-state index contributed by atoms with van der Waals surface area (Å²) in [6.45, 7) is 4.73. The topological polar surface area (TPSA) is 6.48 Å². The van der Waals surface area contributed by atoms with Crippen molar-refractivity contribution in [1.82, 2.24) is 0 Å². The first-order chi connectivity index (χ1) is 26.6. The molecule has 0 radical (unpaired) electrons. The van der Waals surface area contributed by atoms with Crippen LogP contribution in [-0.2, 0) is 10.8 Å². The number of para-hydroxylation sites is 3. The molecule has 1 aliphatic heterocycles. The zero-order chi connectivity index (χ0) is 36.3. The summed E-state index contributed by atoms with van der Waals surface area (Å²) in [5.74, 6) is 0. The maximum absolute atomic E-state index is 2.43. The highest BCUT2D eigenvalue weighted by molar-refractivity contribution is 5.90. The zero-order valence-corrected chi connectivity index (χ0v) is 30.5. The van der Waals surface area contributed by atoms with Gasteiger partial charge in [-0.1, -0.05) is 159 Å². The van der Waals surface area contributed by atoms with E-state index in [9.17, 15) is 0 Å². The molecule has 2 heteroatoms. The van der Waals surface area contributed by atoms with Gasteiger partial charge < -0.3 is 9.80 Å². The van der Waals surface area contributed by atoms with Crippen LogP contribution in [0.2, 0.25) is 0 Å². The number of anilines is 6. The Hall–Kier alpha value is -6.64. The third-order valence-electron chi connectivity index (χ3n) is 11.7. The van der Waals surface area contributed by atoms with Crippen molar-refractivity contribution in [3.8, 4) is 11.1 Å². The minimum Gasteiger partial charge on any atom is -0.310 e. The molecule has 0 atom stereocenters. The third kappa shape index (κ3) is 4.73. The minimum atomic E-state index is -0.482. The summed E-state index contributed by atoms with van der Waals surface area (Å²) < 4.78 is 0. The Balaban J connectivity index is 1.20. The van der Waals surface area contributed by atoms with E-state index in [1.807, 2.05) is 0 Å². The van der Waals surface area contributed by atoms with E-state index in [0.717, 1.165) is 22.7 Å². The molecule has 0 unspecified atom stereocenters. The first-order valence-electron chi connectivity index (χ1n) is 18.9. The molecular formula is C52H40N2. The van der Waals surface area contributed by atoms with E-state index in [2.05, 4.69) is 230 Å². The Kier molecular flexibility index (Phi) is 7.42. The summed E-state index contributed by atoms with van der Waals surface area (Å²) in [5.41, 5.74) is 16.6. The van der Waals surface area contributed by atoms with Crippen molar-refractivity contribution in [3.63, 3.8) is 0 Å². The first-order valence-corrected chi connectivity index (χ1v) is 18.9. The molecule has 0 aromatic heterocycles. The van der Waals surface area contributed by atoms with E-state index in [1.54, 1.807) is 0 Å². The molecule has 1 heterocycles. The number of benzene rings is 8. The van der Waals surface area contributed by atoms with Crippen LogP contribution < -0.4 is 9.80 Å². The molecule has 258 valence electrons. The average molecular weight is 693 g/mol. The molecule has 0 saturated carbocycles. The number of nitrogens with zero attached hydrogens (tertiary/aromatic N) is 2. The average Bonchev–Trinajstić information content (AvgIpc) is 3.54. The second-order valence-corrected chi connectivity index (χ2v) is 14.9. The number of fused-ring (bicyclic) bond motifs is 5. The van der Waals surface area contributed by atoms with Crippen LogP contribution >= 0.6 is 0 Å². The van der Waals surface area contributed by atoms with Crippen LogP contribution in [0.5, 0.6) is 0 Å². The van der Waals surface area contributed by atoms with Crippen LogP contribution in [0.1, 0.15) is 47.2 Å². The summed E-state index contributed by atoms with van der Waals surface area (Å²) in [4.78, 5) is 4.85. The van der Waals surface area contributed by atoms with Crippen molar-refractivity contribution in [2.24, 2.45) is 0 Å². The lowest BCUT2D eigenvalue weighted by Gasteiger charge is -2.42. The lowest BCUT2D eigenvalue weighted by molar-refractivity contribution is 0.632. The standard InChI is InChI=1S/C52H40N2/c1-51(2)47-31-16-17-32-49(47)54(40-24-10-5-11-25-40)50-34-33-42(36-48(50)51)53(39-22-8-4-9-23-39)41-26-18-21-38(35-41)52(37-19-6-3-7-20-37)45-29-14-12-27-43(45)44-28-13-15-30-46(44)52/h3-36H,1-2H3. The number of hydrogen-bond acceptors (Lipinski definition) is 2. The maximum atomic E-state index is 2.43. The molecule has 2 aliphatic rings. The van der Waals surface area contributed by atoms with Gasteiger partial charge in [0, 0.05) is 28.2 Å². The van der Waals surface area contributed by atoms with E-state index in [4.69, 9.17) is 0 Å². The molecule has 0 N–H and O–H groups in total. The fourth-order valence-corrected chi connectivity index (χ4v) is 9.30. The summed E-state index contributed by atoms with van der Waals surface area (Å²) >= 11 is 0. The molecule has 54 heavy (non-hydrogen) atoms. The molecule has 2 nitrogen and oxygen atoms in total. The highest BCUT2D eigenvalue weighted by Gasteiger charge is 2.46. The Morgan fingerprint density at radius 3 is 1.56 bits per heavy atom. The largest absolute Gasteiger partial charge is 0.310 e.